The third kappa shape index (κ3) is 4.32. The van der Waals surface area contributed by atoms with Gasteiger partial charge in [0, 0.05) is 28.5 Å². The topological polar surface area (TPSA) is 86.6 Å². The van der Waals surface area contributed by atoms with Crippen molar-refractivity contribution in [3.63, 3.8) is 0 Å². The van der Waals surface area contributed by atoms with Crippen molar-refractivity contribution in [2.24, 2.45) is 5.92 Å². The van der Waals surface area contributed by atoms with Crippen LogP contribution in [0.5, 0.6) is 28.7 Å². The summed E-state index contributed by atoms with van der Waals surface area (Å²) in [7, 11) is 3.35. The van der Waals surface area contributed by atoms with Crippen molar-refractivity contribution in [3.05, 3.63) is 50.3 Å². The molecule has 0 fully saturated rings. The maximum atomic E-state index is 9.44. The molecule has 1 aliphatic rings. The molecule has 0 amide bonds. The summed E-state index contributed by atoms with van der Waals surface area (Å²) in [5, 5.41) is 18.8. The summed E-state index contributed by atoms with van der Waals surface area (Å²) in [5.41, 5.74) is 7.96. The third-order valence-corrected chi connectivity index (χ3v) is 7.78. The molecule has 0 spiro atoms. The number of allylic oxidation sites excluding steroid dienone is 2. The predicted molar refractivity (Wildman–Crippen MR) is 135 cm³/mol. The van der Waals surface area contributed by atoms with E-state index >= 15 is 0 Å². The first-order chi connectivity index (χ1) is 16.5. The molecular weight excluding hydrogens is 448 g/mol. The van der Waals surface area contributed by atoms with Crippen LogP contribution in [0.15, 0.2) is 11.3 Å². The average Bonchev–Trinajstić information content (AvgIpc) is 2.84. The van der Waals surface area contributed by atoms with E-state index in [1.165, 1.54) is 11.1 Å². The third-order valence-electron chi connectivity index (χ3n) is 7.78. The summed E-state index contributed by atoms with van der Waals surface area (Å²) >= 11 is 0. The van der Waals surface area contributed by atoms with Gasteiger partial charge in [-0.25, -0.2) is 10.5 Å². The van der Waals surface area contributed by atoms with E-state index in [4.69, 9.17) is 14.2 Å². The lowest BCUT2D eigenvalue weighted by Gasteiger charge is -2.33. The molecule has 0 aliphatic carbocycles. The fourth-order valence-corrected chi connectivity index (χ4v) is 5.43. The van der Waals surface area contributed by atoms with Gasteiger partial charge in [-0.3, -0.25) is 0 Å². The first-order valence-electron chi connectivity index (χ1n) is 11.9. The van der Waals surface area contributed by atoms with Crippen molar-refractivity contribution >= 4 is 0 Å². The zero-order valence-corrected chi connectivity index (χ0v) is 22.5. The average molecular weight is 487 g/mol. The molecule has 1 aliphatic heterocycles. The normalized spacial score (nSPS) is 15.9. The summed E-state index contributed by atoms with van der Waals surface area (Å²) in [6, 6.07) is 0. The van der Waals surface area contributed by atoms with E-state index < -0.39 is 0 Å². The molecule has 0 radical (unpaired) electrons. The molecule has 2 atom stereocenters. The molecule has 2 unspecified atom stereocenters. The zero-order chi connectivity index (χ0) is 26.2. The van der Waals surface area contributed by atoms with Gasteiger partial charge in [0.25, 0.3) is 0 Å². The van der Waals surface area contributed by atoms with Gasteiger partial charge in [0.1, 0.15) is 11.5 Å². The monoisotopic (exact) mass is 486 g/mol. The molecule has 3 rings (SSSR count). The fraction of sp³-hybridized carbons (Fsp3) is 0.500. The van der Waals surface area contributed by atoms with Gasteiger partial charge in [0.05, 0.1) is 14.2 Å². The van der Waals surface area contributed by atoms with Crippen LogP contribution in [0.25, 0.3) is 0 Å². The van der Waals surface area contributed by atoms with Crippen LogP contribution in [-0.4, -0.2) is 24.7 Å². The van der Waals surface area contributed by atoms with E-state index in [-0.39, 0.29) is 23.3 Å². The Morgan fingerprint density at radius 3 is 1.86 bits per heavy atom. The Hall–Kier alpha value is -2.90. The molecule has 7 heteroatoms. The maximum Gasteiger partial charge on any atom is 0.217 e. The van der Waals surface area contributed by atoms with Gasteiger partial charge in [-0.2, -0.15) is 0 Å². The standard InChI is InChI=1S/C28H38O7/c1-13(11-12-21-14(2)16(4)25(31-9)26(32-10)18(21)6)23-17(5)15(3)22-19(7)27(34-29)28(35-30)20(8)24(22)33-23/h13,15,29-30H,11-12H2,1-10H3. The summed E-state index contributed by atoms with van der Waals surface area (Å²) in [6.07, 6.45) is 1.74. The summed E-state index contributed by atoms with van der Waals surface area (Å²) < 4.78 is 17.8. The molecule has 2 aromatic rings. The quantitative estimate of drug-likeness (QED) is 0.307. The first-order valence-corrected chi connectivity index (χ1v) is 11.9. The van der Waals surface area contributed by atoms with Crippen LogP contribution in [0.3, 0.4) is 0 Å². The second kappa shape index (κ2) is 10.4. The van der Waals surface area contributed by atoms with Gasteiger partial charge >= 0.3 is 0 Å². The Labute approximate surface area is 208 Å². The molecule has 2 aromatic carbocycles. The predicted octanol–water partition coefficient (Wildman–Crippen LogP) is 6.99. The molecular formula is C28H38O7. The Kier molecular flexibility index (Phi) is 7.92. The lowest BCUT2D eigenvalue weighted by Crippen LogP contribution is -2.20. The van der Waals surface area contributed by atoms with Gasteiger partial charge in [-0.1, -0.05) is 13.8 Å². The van der Waals surface area contributed by atoms with Crippen LogP contribution < -0.4 is 24.0 Å². The van der Waals surface area contributed by atoms with Crippen LogP contribution in [0.2, 0.25) is 0 Å². The smallest absolute Gasteiger partial charge is 0.217 e. The van der Waals surface area contributed by atoms with Crippen LogP contribution in [0.1, 0.15) is 72.1 Å². The minimum atomic E-state index is 0.0448. The largest absolute Gasteiger partial charge is 0.493 e. The van der Waals surface area contributed by atoms with Gasteiger partial charge < -0.3 is 24.0 Å². The lowest BCUT2D eigenvalue weighted by atomic mass is 9.82. The van der Waals surface area contributed by atoms with E-state index in [2.05, 4.69) is 51.3 Å². The van der Waals surface area contributed by atoms with Crippen molar-refractivity contribution in [1.82, 2.24) is 0 Å². The van der Waals surface area contributed by atoms with Crippen LogP contribution in [0, 0.1) is 40.5 Å². The Morgan fingerprint density at radius 1 is 0.771 bits per heavy atom. The number of hydrogen-bond donors (Lipinski definition) is 2. The van der Waals surface area contributed by atoms with Gasteiger partial charge in [-0.15, -0.1) is 0 Å². The highest BCUT2D eigenvalue weighted by atomic mass is 17.1. The molecule has 2 N–H and O–H groups in total. The van der Waals surface area contributed by atoms with E-state index in [0.29, 0.717) is 16.9 Å². The number of fused-ring (bicyclic) bond motifs is 1. The fourth-order valence-electron chi connectivity index (χ4n) is 5.43. The molecule has 192 valence electrons. The molecule has 0 bridgehead atoms. The van der Waals surface area contributed by atoms with Crippen molar-refractivity contribution in [2.45, 2.75) is 74.1 Å². The highest BCUT2D eigenvalue weighted by molar-refractivity contribution is 5.65. The van der Waals surface area contributed by atoms with E-state index in [9.17, 15) is 10.5 Å². The number of hydrogen-bond acceptors (Lipinski definition) is 7. The Balaban J connectivity index is 1.97. The Morgan fingerprint density at radius 2 is 1.31 bits per heavy atom. The van der Waals surface area contributed by atoms with Gasteiger partial charge in [0.15, 0.2) is 11.5 Å². The molecule has 7 nitrogen and oxygen atoms in total. The van der Waals surface area contributed by atoms with Crippen molar-refractivity contribution in [2.75, 3.05) is 14.2 Å². The second-order valence-electron chi connectivity index (χ2n) is 9.56. The number of rotatable bonds is 8. The summed E-state index contributed by atoms with van der Waals surface area (Å²) in [5.74, 6) is 3.47. The minimum absolute atomic E-state index is 0.0448. The maximum absolute atomic E-state index is 9.44. The van der Waals surface area contributed by atoms with E-state index in [1.54, 1.807) is 21.1 Å². The number of ether oxygens (including phenoxy) is 3. The van der Waals surface area contributed by atoms with Crippen LogP contribution in [-0.2, 0) is 6.42 Å². The summed E-state index contributed by atoms with van der Waals surface area (Å²) in [6.45, 7) is 16.2. The molecule has 0 aromatic heterocycles. The first kappa shape index (κ1) is 26.7. The van der Waals surface area contributed by atoms with Crippen LogP contribution >= 0.6 is 0 Å². The zero-order valence-electron chi connectivity index (χ0n) is 22.5. The van der Waals surface area contributed by atoms with Crippen LogP contribution in [0.4, 0.5) is 0 Å². The Bertz CT molecular complexity index is 1160. The van der Waals surface area contributed by atoms with Crippen molar-refractivity contribution in [1.29, 1.82) is 0 Å². The van der Waals surface area contributed by atoms with Crippen molar-refractivity contribution < 1.29 is 34.5 Å². The molecule has 0 saturated heterocycles. The minimum Gasteiger partial charge on any atom is -0.493 e. The molecule has 35 heavy (non-hydrogen) atoms. The second-order valence-corrected chi connectivity index (χ2v) is 9.56. The number of benzene rings is 2. The van der Waals surface area contributed by atoms with Gasteiger partial charge in [-0.05, 0) is 82.2 Å². The summed E-state index contributed by atoms with van der Waals surface area (Å²) in [4.78, 5) is 9.10. The highest BCUT2D eigenvalue weighted by Gasteiger charge is 2.34. The van der Waals surface area contributed by atoms with Crippen molar-refractivity contribution in [3.8, 4) is 28.7 Å². The highest BCUT2D eigenvalue weighted by Crippen LogP contribution is 2.51. The van der Waals surface area contributed by atoms with Gasteiger partial charge in [0.2, 0.25) is 11.5 Å². The van der Waals surface area contributed by atoms with E-state index in [1.807, 2.05) is 6.92 Å². The SMILES string of the molecule is COc1c(C)c(C)c(CCC(C)C2=C(C)C(C)c3c(C)c(OO)c(OO)c(C)c3O2)c(C)c1OC. The number of methoxy groups -OCH3 is 2. The van der Waals surface area contributed by atoms with E-state index in [0.717, 1.165) is 52.4 Å². The molecule has 1 heterocycles. The lowest BCUT2D eigenvalue weighted by molar-refractivity contribution is -0.165. The molecule has 0 saturated carbocycles.